The Bertz CT molecular complexity index is 1020. The second-order valence-corrected chi connectivity index (χ2v) is 8.84. The smallest absolute Gasteiger partial charge is 0.303 e. The maximum absolute atomic E-state index is 10.7. The van der Waals surface area contributed by atoms with Crippen molar-refractivity contribution in [3.05, 3.63) is 43.2 Å². The first-order chi connectivity index (χ1) is 12.2. The summed E-state index contributed by atoms with van der Waals surface area (Å²) in [5.41, 5.74) is 1.21. The van der Waals surface area contributed by atoms with Crippen LogP contribution in [-0.2, 0) is 17.8 Å². The van der Waals surface area contributed by atoms with E-state index >= 15 is 0 Å². The summed E-state index contributed by atoms with van der Waals surface area (Å²) in [5.74, 6) is -0.741. The van der Waals surface area contributed by atoms with E-state index in [9.17, 15) is 9.90 Å². The average molecular weight is 391 g/mol. The Kier molecular flexibility index (Phi) is 5.29. The zero-order valence-electron chi connectivity index (χ0n) is 14.9. The summed E-state index contributed by atoms with van der Waals surface area (Å²) in [6, 6.07) is 6.15. The fourth-order valence-electron chi connectivity index (χ4n) is 3.07. The van der Waals surface area contributed by atoms with E-state index < -0.39 is 5.97 Å². The summed E-state index contributed by atoms with van der Waals surface area (Å²) in [6.07, 6.45) is 4.42. The predicted octanol–water partition coefficient (Wildman–Crippen LogP) is 3.02. The number of aryl methyl sites for hydroxylation is 1. The van der Waals surface area contributed by atoms with Crippen LogP contribution in [0.2, 0.25) is 0 Å². The minimum Gasteiger partial charge on any atom is -0.493 e. The Morgan fingerprint density at radius 2 is 2.23 bits per heavy atom. The molecule has 0 spiro atoms. The minimum absolute atomic E-state index is 0.0109. The van der Waals surface area contributed by atoms with Gasteiger partial charge in [0, 0.05) is 13.0 Å². The summed E-state index contributed by atoms with van der Waals surface area (Å²) in [4.78, 5) is 16.1. The average Bonchev–Trinajstić information content (AvgIpc) is 2.81. The third-order valence-corrected chi connectivity index (χ3v) is 5.88. The van der Waals surface area contributed by atoms with Gasteiger partial charge in [-0.15, -0.1) is 11.3 Å². The minimum atomic E-state index is -0.847. The van der Waals surface area contributed by atoms with Crippen molar-refractivity contribution in [1.82, 2.24) is 4.57 Å². The number of fused-ring (bicyclic) bond motifs is 1. The predicted molar refractivity (Wildman–Crippen MR) is 105 cm³/mol. The Balaban J connectivity index is 1.92. The van der Waals surface area contributed by atoms with Gasteiger partial charge < -0.3 is 10.2 Å². The van der Waals surface area contributed by atoms with E-state index in [4.69, 9.17) is 22.3 Å². The molecule has 0 saturated carbocycles. The van der Waals surface area contributed by atoms with Gasteiger partial charge in [-0.1, -0.05) is 6.07 Å². The fourth-order valence-corrected chi connectivity index (χ4v) is 4.39. The fraction of sp³-hybridized carbons (Fsp3) is 0.421. The van der Waals surface area contributed by atoms with Crippen LogP contribution >= 0.6 is 23.6 Å². The number of carboxylic acids is 1. The van der Waals surface area contributed by atoms with Gasteiger partial charge in [-0.05, 0) is 74.3 Å². The molecule has 0 saturated heterocycles. The summed E-state index contributed by atoms with van der Waals surface area (Å²) < 4.78 is 2.15. The quantitative estimate of drug-likeness (QED) is 0.770. The van der Waals surface area contributed by atoms with Crippen LogP contribution in [0.15, 0.2) is 23.2 Å². The Hall–Kier alpha value is -1.99. The second-order valence-electron chi connectivity index (χ2n) is 7.16. The molecule has 0 unspecified atom stereocenters. The molecule has 0 radical (unpaired) electrons. The first-order valence-electron chi connectivity index (χ1n) is 8.60. The lowest BCUT2D eigenvalue weighted by Gasteiger charge is -2.24. The second kappa shape index (κ2) is 7.32. The highest BCUT2D eigenvalue weighted by atomic mass is 32.1. The SMILES string of the molecule is CC1(C)CCc2cc(=Cc3sc(=S)n(CCCC(=O)O)c3O)ccc2=N1. The van der Waals surface area contributed by atoms with Gasteiger partial charge in [-0.25, -0.2) is 0 Å². The van der Waals surface area contributed by atoms with Crippen molar-refractivity contribution in [3.8, 4) is 5.88 Å². The number of aliphatic carboxylic acids is 1. The number of hydrogen-bond acceptors (Lipinski definition) is 5. The van der Waals surface area contributed by atoms with Crippen molar-refractivity contribution in [1.29, 1.82) is 0 Å². The van der Waals surface area contributed by atoms with Gasteiger partial charge in [0.1, 0.15) is 0 Å². The van der Waals surface area contributed by atoms with Crippen LogP contribution in [0.1, 0.15) is 43.6 Å². The highest BCUT2D eigenvalue weighted by Crippen LogP contribution is 2.27. The van der Waals surface area contributed by atoms with Gasteiger partial charge in [0.05, 0.1) is 15.8 Å². The molecule has 138 valence electrons. The largest absolute Gasteiger partial charge is 0.493 e. The number of carboxylic acid groups (broad SMARTS) is 1. The van der Waals surface area contributed by atoms with Crippen molar-refractivity contribution in [3.63, 3.8) is 0 Å². The lowest BCUT2D eigenvalue weighted by molar-refractivity contribution is -0.137. The molecule has 2 N–H and O–H groups in total. The monoisotopic (exact) mass is 390 g/mol. The summed E-state index contributed by atoms with van der Waals surface area (Å²) in [6.45, 7) is 4.70. The van der Waals surface area contributed by atoms with Gasteiger partial charge in [0.2, 0.25) is 5.88 Å². The highest BCUT2D eigenvalue weighted by Gasteiger charge is 2.20. The molecule has 0 fully saturated rings. The number of aromatic hydroxyl groups is 1. The third kappa shape index (κ3) is 4.22. The van der Waals surface area contributed by atoms with Crippen molar-refractivity contribution in [2.45, 2.75) is 51.6 Å². The van der Waals surface area contributed by atoms with Gasteiger partial charge in [0.25, 0.3) is 0 Å². The van der Waals surface area contributed by atoms with Crippen LogP contribution in [0.4, 0.5) is 0 Å². The molecule has 2 heterocycles. The van der Waals surface area contributed by atoms with Crippen LogP contribution in [0.5, 0.6) is 5.88 Å². The van der Waals surface area contributed by atoms with Gasteiger partial charge in [-0.3, -0.25) is 14.4 Å². The molecule has 1 aromatic carbocycles. The number of rotatable bonds is 5. The molecule has 1 aromatic heterocycles. The summed E-state index contributed by atoms with van der Waals surface area (Å²) in [7, 11) is 0. The number of carbonyl (C=O) groups is 1. The Labute approximate surface area is 161 Å². The van der Waals surface area contributed by atoms with E-state index in [-0.39, 0.29) is 17.8 Å². The summed E-state index contributed by atoms with van der Waals surface area (Å²) >= 11 is 6.65. The number of hydrogen-bond donors (Lipinski definition) is 2. The Morgan fingerprint density at radius 1 is 1.46 bits per heavy atom. The van der Waals surface area contributed by atoms with Crippen LogP contribution < -0.4 is 10.6 Å². The van der Waals surface area contributed by atoms with Crippen molar-refractivity contribution < 1.29 is 15.0 Å². The van der Waals surface area contributed by atoms with Crippen LogP contribution in [0.25, 0.3) is 6.08 Å². The number of benzene rings is 1. The first kappa shape index (κ1) is 18.8. The zero-order chi connectivity index (χ0) is 18.9. The van der Waals surface area contributed by atoms with Gasteiger partial charge >= 0.3 is 5.97 Å². The number of aromatic nitrogens is 1. The van der Waals surface area contributed by atoms with E-state index in [1.54, 1.807) is 4.57 Å². The van der Waals surface area contributed by atoms with Crippen molar-refractivity contribution >= 4 is 35.6 Å². The molecule has 7 heteroatoms. The lowest BCUT2D eigenvalue weighted by Crippen LogP contribution is -2.30. The van der Waals surface area contributed by atoms with Crippen LogP contribution in [0, 0.1) is 3.95 Å². The van der Waals surface area contributed by atoms with E-state index in [0.29, 0.717) is 21.8 Å². The molecule has 0 aliphatic carbocycles. The van der Waals surface area contributed by atoms with Crippen molar-refractivity contribution in [2.24, 2.45) is 4.99 Å². The molecular formula is C19H22N2O3S2. The van der Waals surface area contributed by atoms with Gasteiger partial charge in [-0.2, -0.15) is 0 Å². The van der Waals surface area contributed by atoms with Crippen LogP contribution in [0.3, 0.4) is 0 Å². The zero-order valence-corrected chi connectivity index (χ0v) is 16.5. The normalized spacial score (nSPS) is 16.2. The molecule has 5 nitrogen and oxygen atoms in total. The topological polar surface area (TPSA) is 74.8 Å². The molecule has 0 bridgehead atoms. The van der Waals surface area contributed by atoms with Crippen LogP contribution in [-0.4, -0.2) is 26.3 Å². The number of nitrogens with zero attached hydrogens (tertiary/aromatic N) is 2. The maximum atomic E-state index is 10.7. The molecule has 1 aliphatic heterocycles. The van der Waals surface area contributed by atoms with E-state index in [2.05, 4.69) is 19.9 Å². The molecule has 1 aliphatic rings. The van der Waals surface area contributed by atoms with Gasteiger partial charge in [0.15, 0.2) is 3.95 Å². The molecule has 0 amide bonds. The molecule has 2 aromatic rings. The maximum Gasteiger partial charge on any atom is 0.303 e. The summed E-state index contributed by atoms with van der Waals surface area (Å²) in [5, 5.41) is 21.2. The standard InChI is InChI=1S/C19H22N2O3S2/c1-19(2)8-7-13-10-12(5-6-14(13)20-19)11-15-17(24)21(18(25)26-15)9-3-4-16(22)23/h5-6,10-11,24H,3-4,7-9H2,1-2H3,(H,22,23). The molecule has 0 atom stereocenters. The first-order valence-corrected chi connectivity index (χ1v) is 9.83. The molecule has 26 heavy (non-hydrogen) atoms. The van der Waals surface area contributed by atoms with E-state index in [1.165, 1.54) is 16.9 Å². The third-order valence-electron chi connectivity index (χ3n) is 4.50. The van der Waals surface area contributed by atoms with Crippen molar-refractivity contribution in [2.75, 3.05) is 0 Å². The van der Waals surface area contributed by atoms with E-state index in [1.807, 2.05) is 18.2 Å². The Morgan fingerprint density at radius 3 is 2.96 bits per heavy atom. The highest BCUT2D eigenvalue weighted by molar-refractivity contribution is 7.73. The lowest BCUT2D eigenvalue weighted by atomic mass is 9.92. The number of thiazole rings is 1. The molecular weight excluding hydrogens is 368 g/mol. The molecule has 3 rings (SSSR count). The van der Waals surface area contributed by atoms with E-state index in [0.717, 1.165) is 23.4 Å².